The summed E-state index contributed by atoms with van der Waals surface area (Å²) in [6.45, 7) is 4.94. The monoisotopic (exact) mass is 313 g/mol. The highest BCUT2D eigenvalue weighted by molar-refractivity contribution is 5.82. The molecule has 5 heteroatoms. The van der Waals surface area contributed by atoms with Gasteiger partial charge in [0.1, 0.15) is 0 Å². The summed E-state index contributed by atoms with van der Waals surface area (Å²) in [6, 6.07) is 0. The first-order valence-corrected chi connectivity index (χ1v) is 8.37. The topological polar surface area (TPSA) is 75.6 Å². The number of esters is 1. The van der Waals surface area contributed by atoms with E-state index in [4.69, 9.17) is 9.84 Å². The zero-order valence-electron chi connectivity index (χ0n) is 14.0. The summed E-state index contributed by atoms with van der Waals surface area (Å²) in [5, 5.41) is 11.7. The fourth-order valence-electron chi connectivity index (χ4n) is 2.16. The van der Waals surface area contributed by atoms with Gasteiger partial charge >= 0.3 is 11.9 Å². The molecule has 22 heavy (non-hydrogen) atoms. The van der Waals surface area contributed by atoms with Crippen LogP contribution in [-0.2, 0) is 14.3 Å². The molecule has 0 aliphatic heterocycles. The maximum Gasteiger partial charge on any atom is 0.332 e. The van der Waals surface area contributed by atoms with Crippen LogP contribution in [0.1, 0.15) is 71.6 Å². The number of nitrogens with one attached hydrogen (secondary N) is 1. The maximum atomic E-state index is 11.2. The lowest BCUT2D eigenvalue weighted by atomic mass is 10.1. The number of aliphatic carboxylic acids is 1. The smallest absolute Gasteiger partial charge is 0.332 e. The predicted octanol–water partition coefficient (Wildman–Crippen LogP) is 3.64. The van der Waals surface area contributed by atoms with Crippen LogP contribution in [0, 0.1) is 0 Å². The second kappa shape index (κ2) is 14.4. The third kappa shape index (κ3) is 14.9. The van der Waals surface area contributed by atoms with Crippen LogP contribution in [0.2, 0.25) is 0 Å². The molecule has 0 aromatic rings. The predicted molar refractivity (Wildman–Crippen MR) is 87.6 cm³/mol. The standard InChI is InChI=1S/C17H31NO4/c1-3-22-17(21)14-15(2)18-13-11-9-7-5-4-6-8-10-12-16(19)20/h14,18H,3-13H2,1-2H3,(H,19,20). The Morgan fingerprint density at radius 3 is 2.09 bits per heavy atom. The second-order valence-corrected chi connectivity index (χ2v) is 5.48. The SMILES string of the molecule is CCOC(=O)C=C(C)NCCCCCCCCCCC(=O)O. The van der Waals surface area contributed by atoms with Crippen molar-refractivity contribution in [1.29, 1.82) is 0 Å². The van der Waals surface area contributed by atoms with Gasteiger partial charge in [0.2, 0.25) is 0 Å². The number of carboxylic acid groups (broad SMARTS) is 1. The van der Waals surface area contributed by atoms with E-state index in [9.17, 15) is 9.59 Å². The molecule has 0 spiro atoms. The third-order valence-corrected chi connectivity index (χ3v) is 3.34. The van der Waals surface area contributed by atoms with Crippen molar-refractivity contribution in [1.82, 2.24) is 5.32 Å². The van der Waals surface area contributed by atoms with E-state index in [0.29, 0.717) is 13.0 Å². The summed E-state index contributed by atoms with van der Waals surface area (Å²) in [7, 11) is 0. The van der Waals surface area contributed by atoms with Gasteiger partial charge in [-0.15, -0.1) is 0 Å². The lowest BCUT2D eigenvalue weighted by molar-refractivity contribution is -0.138. The van der Waals surface area contributed by atoms with E-state index in [1.807, 2.05) is 6.92 Å². The van der Waals surface area contributed by atoms with Gasteiger partial charge in [-0.1, -0.05) is 38.5 Å². The fraction of sp³-hybridized carbons (Fsp3) is 0.765. The molecule has 0 bridgehead atoms. The Morgan fingerprint density at radius 2 is 1.55 bits per heavy atom. The Labute approximate surface area is 134 Å². The van der Waals surface area contributed by atoms with Crippen molar-refractivity contribution >= 4 is 11.9 Å². The zero-order valence-corrected chi connectivity index (χ0v) is 14.0. The van der Waals surface area contributed by atoms with Gasteiger partial charge in [-0.2, -0.15) is 0 Å². The van der Waals surface area contributed by atoms with Crippen LogP contribution in [0.4, 0.5) is 0 Å². The van der Waals surface area contributed by atoms with E-state index < -0.39 is 5.97 Å². The van der Waals surface area contributed by atoms with Crippen molar-refractivity contribution in [2.75, 3.05) is 13.2 Å². The molecule has 0 fully saturated rings. The summed E-state index contributed by atoms with van der Waals surface area (Å²) < 4.78 is 4.84. The molecule has 0 aliphatic rings. The minimum absolute atomic E-state index is 0.296. The molecular weight excluding hydrogens is 282 g/mol. The quantitative estimate of drug-likeness (QED) is 0.291. The molecule has 5 nitrogen and oxygen atoms in total. The van der Waals surface area contributed by atoms with Crippen molar-refractivity contribution in [3.8, 4) is 0 Å². The van der Waals surface area contributed by atoms with Gasteiger partial charge in [-0.25, -0.2) is 4.79 Å². The highest BCUT2D eigenvalue weighted by Crippen LogP contribution is 2.09. The molecule has 0 saturated heterocycles. The molecule has 2 N–H and O–H groups in total. The van der Waals surface area contributed by atoms with Crippen LogP contribution < -0.4 is 5.32 Å². The highest BCUT2D eigenvalue weighted by atomic mass is 16.5. The van der Waals surface area contributed by atoms with E-state index in [-0.39, 0.29) is 5.97 Å². The third-order valence-electron chi connectivity index (χ3n) is 3.34. The molecule has 0 atom stereocenters. The van der Waals surface area contributed by atoms with Gasteiger partial charge in [0.25, 0.3) is 0 Å². The molecule has 0 saturated carbocycles. The Hall–Kier alpha value is -1.52. The van der Waals surface area contributed by atoms with Gasteiger partial charge in [-0.3, -0.25) is 4.79 Å². The molecule has 128 valence electrons. The molecule has 0 radical (unpaired) electrons. The molecular formula is C17H31NO4. The fourth-order valence-corrected chi connectivity index (χ4v) is 2.16. The second-order valence-electron chi connectivity index (χ2n) is 5.48. The number of carbonyl (C=O) groups is 2. The zero-order chi connectivity index (χ0) is 16.6. The first-order chi connectivity index (χ1) is 10.6. The van der Waals surface area contributed by atoms with Crippen LogP contribution in [-0.4, -0.2) is 30.2 Å². The number of allylic oxidation sites excluding steroid dienone is 1. The van der Waals surface area contributed by atoms with Crippen LogP contribution in [0.3, 0.4) is 0 Å². The average Bonchev–Trinajstić information content (AvgIpc) is 2.44. The number of carboxylic acids is 1. The van der Waals surface area contributed by atoms with Crippen molar-refractivity contribution < 1.29 is 19.4 Å². The van der Waals surface area contributed by atoms with Crippen LogP contribution in [0.25, 0.3) is 0 Å². The van der Waals surface area contributed by atoms with Crippen LogP contribution >= 0.6 is 0 Å². The number of rotatable bonds is 14. The van der Waals surface area contributed by atoms with Crippen molar-refractivity contribution in [3.05, 3.63) is 11.8 Å². The minimum atomic E-state index is -0.695. The van der Waals surface area contributed by atoms with E-state index in [0.717, 1.165) is 37.9 Å². The van der Waals surface area contributed by atoms with E-state index in [1.165, 1.54) is 31.8 Å². The van der Waals surface area contributed by atoms with E-state index in [2.05, 4.69) is 5.32 Å². The number of ether oxygens (including phenoxy) is 1. The van der Waals surface area contributed by atoms with Crippen molar-refractivity contribution in [2.45, 2.75) is 71.6 Å². The van der Waals surface area contributed by atoms with Gasteiger partial charge in [-0.05, 0) is 26.7 Å². The summed E-state index contributed by atoms with van der Waals surface area (Å²) in [4.78, 5) is 21.5. The summed E-state index contributed by atoms with van der Waals surface area (Å²) in [5.74, 6) is -0.991. The first-order valence-electron chi connectivity index (χ1n) is 8.37. The summed E-state index contributed by atoms with van der Waals surface area (Å²) >= 11 is 0. The Bertz CT molecular complexity index is 340. The Morgan fingerprint density at radius 1 is 1.00 bits per heavy atom. The number of carbonyl (C=O) groups excluding carboxylic acids is 1. The molecule has 0 unspecified atom stereocenters. The summed E-state index contributed by atoms with van der Waals surface area (Å²) in [6.07, 6.45) is 10.6. The molecule has 0 amide bonds. The van der Waals surface area contributed by atoms with Crippen LogP contribution in [0.5, 0.6) is 0 Å². The largest absolute Gasteiger partial charge is 0.481 e. The van der Waals surface area contributed by atoms with Gasteiger partial charge in [0.05, 0.1) is 6.61 Å². The molecule has 0 aromatic heterocycles. The van der Waals surface area contributed by atoms with E-state index >= 15 is 0 Å². The minimum Gasteiger partial charge on any atom is -0.481 e. The van der Waals surface area contributed by atoms with Crippen LogP contribution in [0.15, 0.2) is 11.8 Å². The van der Waals surface area contributed by atoms with Crippen molar-refractivity contribution in [2.24, 2.45) is 0 Å². The molecule has 0 aliphatic carbocycles. The average molecular weight is 313 g/mol. The Kier molecular flexibility index (Phi) is 13.4. The number of unbranched alkanes of at least 4 members (excludes halogenated alkanes) is 7. The van der Waals surface area contributed by atoms with E-state index in [1.54, 1.807) is 6.92 Å². The molecule has 0 aromatic carbocycles. The normalized spacial score (nSPS) is 11.3. The summed E-state index contributed by atoms with van der Waals surface area (Å²) in [5.41, 5.74) is 0.844. The molecule has 0 rings (SSSR count). The highest BCUT2D eigenvalue weighted by Gasteiger charge is 1.98. The Balaban J connectivity index is 3.33. The van der Waals surface area contributed by atoms with Gasteiger partial charge in [0.15, 0.2) is 0 Å². The number of hydrogen-bond donors (Lipinski definition) is 2. The van der Waals surface area contributed by atoms with Gasteiger partial charge in [0, 0.05) is 24.7 Å². The lowest BCUT2D eigenvalue weighted by Crippen LogP contribution is -2.14. The lowest BCUT2D eigenvalue weighted by Gasteiger charge is -2.06. The number of hydrogen-bond acceptors (Lipinski definition) is 4. The first kappa shape index (κ1) is 20.5. The van der Waals surface area contributed by atoms with Crippen molar-refractivity contribution in [3.63, 3.8) is 0 Å². The molecule has 0 heterocycles. The van der Waals surface area contributed by atoms with Gasteiger partial charge < -0.3 is 15.2 Å². The maximum absolute atomic E-state index is 11.2.